The molecule has 3 heterocycles. The van der Waals surface area contributed by atoms with Gasteiger partial charge in [0.15, 0.2) is 36.1 Å². The summed E-state index contributed by atoms with van der Waals surface area (Å²) in [7, 11) is 0. The second-order valence-corrected chi connectivity index (χ2v) is 6.35. The van der Waals surface area contributed by atoms with Crippen LogP contribution >= 0.6 is 0 Å². The molecule has 1 aromatic carbocycles. The summed E-state index contributed by atoms with van der Waals surface area (Å²) in [6.07, 6.45) is -1.34. The highest BCUT2D eigenvalue weighted by Crippen LogP contribution is 2.40. The van der Waals surface area contributed by atoms with E-state index < -0.39 is 12.1 Å². The van der Waals surface area contributed by atoms with Crippen molar-refractivity contribution in [1.82, 2.24) is 0 Å². The monoisotopic (exact) mass is 329 g/mol. The number of fused-ring (bicyclic) bond motifs is 3. The Hall–Kier alpha value is -1.91. The van der Waals surface area contributed by atoms with Crippen molar-refractivity contribution in [3.63, 3.8) is 0 Å². The average Bonchev–Trinajstić information content (AvgIpc) is 3.17. The fourth-order valence-electron chi connectivity index (χ4n) is 3.00. The molecule has 6 heteroatoms. The van der Waals surface area contributed by atoms with Gasteiger partial charge in [0.25, 0.3) is 0 Å². The summed E-state index contributed by atoms with van der Waals surface area (Å²) >= 11 is 0. The van der Waals surface area contributed by atoms with E-state index in [0.717, 1.165) is 5.56 Å². The molecule has 0 unspecified atom stereocenters. The average molecular weight is 329 g/mol. The number of nitrogens with zero attached hydrogens (tertiary/aromatic N) is 1. The highest BCUT2D eigenvalue weighted by Gasteiger charge is 2.59. The van der Waals surface area contributed by atoms with Gasteiger partial charge in [-0.2, -0.15) is 0 Å². The lowest BCUT2D eigenvalue weighted by Gasteiger charge is -2.20. The summed E-state index contributed by atoms with van der Waals surface area (Å²) in [6.45, 7) is 4.55. The number of oxime groups is 1. The first-order valence-electron chi connectivity index (χ1n) is 7.98. The molecule has 0 aromatic heterocycles. The van der Waals surface area contributed by atoms with E-state index in [0.29, 0.717) is 18.9 Å². The Morgan fingerprint density at radius 3 is 2.83 bits per heavy atom. The molecule has 0 aliphatic carbocycles. The molecule has 0 amide bonds. The van der Waals surface area contributed by atoms with Crippen LogP contribution in [0.4, 0.5) is 0 Å². The molecule has 0 spiro atoms. The normalized spacial score (nSPS) is 32.3. The predicted octanol–water partition coefficient (Wildman–Crippen LogP) is 1.84. The second-order valence-electron chi connectivity index (χ2n) is 6.35. The Kier molecular flexibility index (Phi) is 4.02. The molecule has 3 aliphatic heterocycles. The lowest BCUT2D eigenvalue weighted by atomic mass is 10.1. The van der Waals surface area contributed by atoms with E-state index in [1.54, 1.807) is 0 Å². The summed E-state index contributed by atoms with van der Waals surface area (Å²) in [5.41, 5.74) is 1.67. The van der Waals surface area contributed by atoms with Gasteiger partial charge in [-0.15, -0.1) is 0 Å². The van der Waals surface area contributed by atoms with Crippen molar-refractivity contribution in [2.24, 2.45) is 5.16 Å². The molecule has 0 N–H and O–H groups in total. The first kappa shape index (κ1) is 15.6. The highest BCUT2D eigenvalue weighted by molar-refractivity contribution is 6.04. The van der Waals surface area contributed by atoms with Crippen molar-refractivity contribution in [2.75, 3.05) is 6.61 Å². The number of ether oxygens (including phenoxy) is 4. The van der Waals surface area contributed by atoms with Gasteiger partial charge in [0.1, 0.15) is 6.61 Å². The van der Waals surface area contributed by atoms with Crippen LogP contribution in [0.2, 0.25) is 0 Å². The minimum Gasteiger partial charge on any atom is -0.385 e. The summed E-state index contributed by atoms with van der Waals surface area (Å²) < 4.78 is 22.9. The first-order valence-corrected chi connectivity index (χ1v) is 7.98. The van der Waals surface area contributed by atoms with Crippen LogP contribution in [0.1, 0.15) is 19.4 Å². The third kappa shape index (κ3) is 3.04. The Morgan fingerprint density at radius 1 is 1.17 bits per heavy atom. The van der Waals surface area contributed by atoms with Crippen molar-refractivity contribution in [2.45, 2.75) is 50.8 Å². The van der Waals surface area contributed by atoms with Gasteiger partial charge in [0, 0.05) is 0 Å². The molecule has 4 rings (SSSR count). The van der Waals surface area contributed by atoms with Crippen LogP contribution in [0, 0.1) is 11.8 Å². The summed E-state index contributed by atoms with van der Waals surface area (Å²) in [5, 5.41) is 4.01. The number of benzene rings is 1. The van der Waals surface area contributed by atoms with Crippen LogP contribution in [-0.4, -0.2) is 42.7 Å². The van der Waals surface area contributed by atoms with Crippen LogP contribution in [0.15, 0.2) is 35.5 Å². The minimum absolute atomic E-state index is 0.276. The van der Waals surface area contributed by atoms with Gasteiger partial charge in [0.2, 0.25) is 0 Å². The van der Waals surface area contributed by atoms with Crippen molar-refractivity contribution < 1.29 is 23.8 Å². The van der Waals surface area contributed by atoms with Crippen LogP contribution in [0.5, 0.6) is 0 Å². The maximum absolute atomic E-state index is 5.84. The molecule has 126 valence electrons. The Labute approximate surface area is 140 Å². The highest BCUT2D eigenvalue weighted by atomic mass is 16.9. The van der Waals surface area contributed by atoms with E-state index in [1.807, 2.05) is 44.2 Å². The molecule has 0 bridgehead atoms. The molecule has 1 aromatic rings. The Balaban J connectivity index is 1.29. The Bertz CT molecular complexity index is 690. The first-order chi connectivity index (χ1) is 11.6. The van der Waals surface area contributed by atoms with Gasteiger partial charge in [-0.1, -0.05) is 41.4 Å². The minimum atomic E-state index is -0.663. The van der Waals surface area contributed by atoms with Crippen molar-refractivity contribution in [1.29, 1.82) is 0 Å². The van der Waals surface area contributed by atoms with Crippen LogP contribution in [0.3, 0.4) is 0 Å². The molecule has 6 nitrogen and oxygen atoms in total. The third-order valence-electron chi connectivity index (χ3n) is 4.04. The van der Waals surface area contributed by atoms with Gasteiger partial charge >= 0.3 is 0 Å². The number of hydrogen-bond acceptors (Lipinski definition) is 6. The number of hydrogen-bond donors (Lipinski definition) is 0. The quantitative estimate of drug-likeness (QED) is 0.625. The molecular formula is C18H19NO5. The largest absolute Gasteiger partial charge is 0.385 e. The topological polar surface area (TPSA) is 58.5 Å². The molecule has 0 radical (unpaired) electrons. The smallest absolute Gasteiger partial charge is 0.192 e. The van der Waals surface area contributed by atoms with Gasteiger partial charge in [-0.3, -0.25) is 0 Å². The number of rotatable bonds is 3. The van der Waals surface area contributed by atoms with Gasteiger partial charge < -0.3 is 23.8 Å². The molecule has 4 atom stereocenters. The van der Waals surface area contributed by atoms with Crippen molar-refractivity contribution in [3.05, 3.63) is 35.9 Å². The zero-order valence-electron chi connectivity index (χ0n) is 13.6. The van der Waals surface area contributed by atoms with Crippen LogP contribution < -0.4 is 0 Å². The van der Waals surface area contributed by atoms with E-state index in [4.69, 9.17) is 23.8 Å². The lowest BCUT2D eigenvalue weighted by molar-refractivity contribution is -0.206. The maximum Gasteiger partial charge on any atom is 0.192 e. The van der Waals surface area contributed by atoms with Gasteiger partial charge in [0.05, 0.1) is 6.61 Å². The van der Waals surface area contributed by atoms with Crippen molar-refractivity contribution >= 4 is 5.71 Å². The molecule has 2 saturated heterocycles. The molecule has 3 aliphatic rings. The molecule has 0 saturated carbocycles. The fourth-order valence-corrected chi connectivity index (χ4v) is 3.00. The van der Waals surface area contributed by atoms with Gasteiger partial charge in [-0.25, -0.2) is 0 Å². The molecule has 2 fully saturated rings. The van der Waals surface area contributed by atoms with E-state index >= 15 is 0 Å². The summed E-state index contributed by atoms with van der Waals surface area (Å²) in [5.74, 6) is 5.25. The second kappa shape index (κ2) is 6.19. The maximum atomic E-state index is 5.84. The SMILES string of the molecule is CC1(C)O[C@H]2O[C@@H]3C(C#CCOCc4ccccc4)=NO[C@@H]3[C@H]2O1. The van der Waals surface area contributed by atoms with E-state index in [-0.39, 0.29) is 18.3 Å². The summed E-state index contributed by atoms with van der Waals surface area (Å²) in [4.78, 5) is 5.44. The van der Waals surface area contributed by atoms with E-state index in [9.17, 15) is 0 Å². The van der Waals surface area contributed by atoms with Gasteiger partial charge in [-0.05, 0) is 25.3 Å². The fraction of sp³-hybridized carbons (Fsp3) is 0.500. The third-order valence-corrected chi connectivity index (χ3v) is 4.04. The van der Waals surface area contributed by atoms with Crippen LogP contribution in [0.25, 0.3) is 0 Å². The van der Waals surface area contributed by atoms with Crippen molar-refractivity contribution in [3.8, 4) is 11.8 Å². The molecular weight excluding hydrogens is 310 g/mol. The van der Waals surface area contributed by atoms with E-state index in [2.05, 4.69) is 17.0 Å². The van der Waals surface area contributed by atoms with E-state index in [1.165, 1.54) is 0 Å². The van der Waals surface area contributed by atoms with Crippen LogP contribution in [-0.2, 0) is 30.4 Å². The molecule has 24 heavy (non-hydrogen) atoms. The standard InChI is InChI=1S/C18H19NO5/c1-18(2)22-16-15-14(21-17(16)23-18)13(19-24-15)9-6-10-20-11-12-7-4-3-5-8-12/h3-5,7-8,14-17H,10-11H2,1-2H3/t14-,15+,16-,17-/m1/s1. The Morgan fingerprint density at radius 2 is 2.00 bits per heavy atom. The lowest BCUT2D eigenvalue weighted by Crippen LogP contribution is -2.35. The summed E-state index contributed by atoms with van der Waals surface area (Å²) in [6, 6.07) is 9.96. The zero-order chi connectivity index (χ0) is 16.6. The predicted molar refractivity (Wildman–Crippen MR) is 84.9 cm³/mol. The zero-order valence-corrected chi connectivity index (χ0v) is 13.6.